The average Bonchev–Trinajstić information content (AvgIpc) is 3.16. The second kappa shape index (κ2) is 8.63. The Morgan fingerprint density at radius 3 is 2.50 bits per heavy atom. The van der Waals surface area contributed by atoms with Crippen molar-refractivity contribution < 1.29 is 14.3 Å². The number of ether oxygens (including phenoxy) is 1. The fraction of sp³-hybridized carbons (Fsp3) is 0.318. The van der Waals surface area contributed by atoms with E-state index < -0.39 is 0 Å². The molecule has 28 heavy (non-hydrogen) atoms. The number of piperidine rings is 1. The van der Waals surface area contributed by atoms with Crippen LogP contribution in [0.2, 0.25) is 0 Å². The van der Waals surface area contributed by atoms with Crippen molar-refractivity contribution in [3.05, 3.63) is 65.2 Å². The van der Waals surface area contributed by atoms with Crippen molar-refractivity contribution in [3.8, 4) is 0 Å². The van der Waals surface area contributed by atoms with Crippen LogP contribution in [0.15, 0.2) is 54.6 Å². The number of hydrogen-bond acceptors (Lipinski definition) is 5. The third-order valence-corrected chi connectivity index (χ3v) is 6.08. The first kappa shape index (κ1) is 18.8. The smallest absolute Gasteiger partial charge is 0.248 e. The summed E-state index contributed by atoms with van der Waals surface area (Å²) in [7, 11) is 0. The monoisotopic (exact) mass is 394 g/mol. The lowest BCUT2D eigenvalue weighted by molar-refractivity contribution is -0.137. The molecule has 0 atom stereocenters. The number of para-hydroxylation sites is 1. The van der Waals surface area contributed by atoms with Crippen molar-refractivity contribution in [1.29, 1.82) is 0 Å². The molecule has 0 aliphatic carbocycles. The number of carbonyl (C=O) groups is 2. The van der Waals surface area contributed by atoms with Crippen LogP contribution in [0.25, 0.3) is 10.2 Å². The minimum Gasteiger partial charge on any atom is -0.364 e. The van der Waals surface area contributed by atoms with Gasteiger partial charge in [0.25, 0.3) is 0 Å². The van der Waals surface area contributed by atoms with Crippen LogP contribution in [0.5, 0.6) is 0 Å². The number of benzene rings is 2. The minimum absolute atomic E-state index is 0.00452. The molecule has 0 spiro atoms. The van der Waals surface area contributed by atoms with Crippen molar-refractivity contribution >= 4 is 33.2 Å². The molecule has 5 nitrogen and oxygen atoms in total. The van der Waals surface area contributed by atoms with Crippen molar-refractivity contribution in [2.75, 3.05) is 19.7 Å². The third kappa shape index (κ3) is 4.29. The first-order valence-corrected chi connectivity index (χ1v) is 10.3. The van der Waals surface area contributed by atoms with Gasteiger partial charge in [0, 0.05) is 24.6 Å². The number of Topliss-reactive ketones (excluding diaryl/α,β-unsaturated/α-hetero) is 1. The molecule has 3 aromatic rings. The van der Waals surface area contributed by atoms with E-state index in [4.69, 9.17) is 4.74 Å². The van der Waals surface area contributed by atoms with Gasteiger partial charge in [0.2, 0.25) is 5.91 Å². The van der Waals surface area contributed by atoms with Gasteiger partial charge >= 0.3 is 0 Å². The molecule has 1 aliphatic rings. The topological polar surface area (TPSA) is 59.5 Å². The first-order valence-electron chi connectivity index (χ1n) is 9.50. The highest BCUT2D eigenvalue weighted by Crippen LogP contribution is 2.23. The predicted molar refractivity (Wildman–Crippen MR) is 109 cm³/mol. The first-order chi connectivity index (χ1) is 13.7. The van der Waals surface area contributed by atoms with Crippen molar-refractivity contribution in [2.24, 2.45) is 5.92 Å². The van der Waals surface area contributed by atoms with Gasteiger partial charge in [-0.3, -0.25) is 9.59 Å². The SMILES string of the molecule is O=C(c1ccccc1)C1CCN(C(=O)COCc2nc3ccccc3s2)CC1. The largest absolute Gasteiger partial charge is 0.364 e. The van der Waals surface area contributed by atoms with Gasteiger partial charge in [0.1, 0.15) is 11.6 Å². The van der Waals surface area contributed by atoms with E-state index >= 15 is 0 Å². The highest BCUT2D eigenvalue weighted by molar-refractivity contribution is 7.18. The minimum atomic E-state index is -0.0216. The Kier molecular flexibility index (Phi) is 5.78. The van der Waals surface area contributed by atoms with Gasteiger partial charge in [-0.15, -0.1) is 11.3 Å². The van der Waals surface area contributed by atoms with Crippen LogP contribution < -0.4 is 0 Å². The van der Waals surface area contributed by atoms with E-state index in [1.165, 1.54) is 0 Å². The van der Waals surface area contributed by atoms with Crippen LogP contribution in [0.3, 0.4) is 0 Å². The fourth-order valence-electron chi connectivity index (χ4n) is 3.53. The highest BCUT2D eigenvalue weighted by atomic mass is 32.1. The lowest BCUT2D eigenvalue weighted by Gasteiger charge is -2.31. The van der Waals surface area contributed by atoms with Crippen LogP contribution in [0.1, 0.15) is 28.2 Å². The maximum Gasteiger partial charge on any atom is 0.248 e. The van der Waals surface area contributed by atoms with E-state index in [1.807, 2.05) is 54.6 Å². The molecule has 0 bridgehead atoms. The number of rotatable bonds is 6. The molecule has 6 heteroatoms. The summed E-state index contributed by atoms with van der Waals surface area (Å²) in [6.45, 7) is 1.60. The number of likely N-dealkylation sites (tertiary alicyclic amines) is 1. The van der Waals surface area contributed by atoms with Gasteiger partial charge < -0.3 is 9.64 Å². The molecule has 2 heterocycles. The fourth-order valence-corrected chi connectivity index (χ4v) is 4.43. The van der Waals surface area contributed by atoms with Crippen molar-refractivity contribution in [1.82, 2.24) is 9.88 Å². The van der Waals surface area contributed by atoms with Gasteiger partial charge in [-0.1, -0.05) is 42.5 Å². The van der Waals surface area contributed by atoms with E-state index in [2.05, 4.69) is 4.98 Å². The third-order valence-electron chi connectivity index (χ3n) is 5.07. The molecular weight excluding hydrogens is 372 g/mol. The van der Waals surface area contributed by atoms with Gasteiger partial charge in [0.05, 0.1) is 16.8 Å². The Morgan fingerprint density at radius 2 is 1.75 bits per heavy atom. The van der Waals surface area contributed by atoms with Crippen LogP contribution >= 0.6 is 11.3 Å². The van der Waals surface area contributed by atoms with Crippen LogP contribution in [-0.4, -0.2) is 41.3 Å². The number of thiazole rings is 1. The zero-order valence-electron chi connectivity index (χ0n) is 15.5. The van der Waals surface area contributed by atoms with E-state index in [0.717, 1.165) is 20.8 Å². The molecule has 0 radical (unpaired) electrons. The molecule has 1 amide bonds. The molecule has 1 fully saturated rings. The lowest BCUT2D eigenvalue weighted by Crippen LogP contribution is -2.41. The van der Waals surface area contributed by atoms with Gasteiger partial charge in [0.15, 0.2) is 5.78 Å². The van der Waals surface area contributed by atoms with E-state index in [-0.39, 0.29) is 24.2 Å². The summed E-state index contributed by atoms with van der Waals surface area (Å²) in [6, 6.07) is 17.3. The highest BCUT2D eigenvalue weighted by Gasteiger charge is 2.27. The number of hydrogen-bond donors (Lipinski definition) is 0. The van der Waals surface area contributed by atoms with E-state index in [9.17, 15) is 9.59 Å². The Morgan fingerprint density at radius 1 is 1.04 bits per heavy atom. The number of nitrogens with zero attached hydrogens (tertiary/aromatic N) is 2. The molecule has 0 unspecified atom stereocenters. The summed E-state index contributed by atoms with van der Waals surface area (Å²) in [6.07, 6.45) is 1.41. The Labute approximate surface area is 168 Å². The number of aromatic nitrogens is 1. The normalized spacial score (nSPS) is 15.1. The number of amides is 1. The Balaban J connectivity index is 1.23. The second-order valence-electron chi connectivity index (χ2n) is 6.95. The molecule has 1 aromatic heterocycles. The molecule has 0 saturated carbocycles. The zero-order valence-corrected chi connectivity index (χ0v) is 16.4. The summed E-state index contributed by atoms with van der Waals surface area (Å²) >= 11 is 1.59. The quantitative estimate of drug-likeness (QED) is 0.594. The maximum atomic E-state index is 12.5. The Bertz CT molecular complexity index is 929. The Hall–Kier alpha value is -2.57. The van der Waals surface area contributed by atoms with Crippen LogP contribution in [0.4, 0.5) is 0 Å². The van der Waals surface area contributed by atoms with Crippen molar-refractivity contribution in [3.63, 3.8) is 0 Å². The van der Waals surface area contributed by atoms with Gasteiger partial charge in [-0.05, 0) is 25.0 Å². The summed E-state index contributed by atoms with van der Waals surface area (Å²) in [5.74, 6) is 0.154. The van der Waals surface area contributed by atoms with Crippen LogP contribution in [-0.2, 0) is 16.1 Å². The summed E-state index contributed by atoms with van der Waals surface area (Å²) < 4.78 is 6.72. The summed E-state index contributed by atoms with van der Waals surface area (Å²) in [4.78, 5) is 31.3. The van der Waals surface area contributed by atoms with Crippen molar-refractivity contribution in [2.45, 2.75) is 19.4 Å². The maximum absolute atomic E-state index is 12.5. The molecule has 4 rings (SSSR count). The summed E-state index contributed by atoms with van der Waals surface area (Å²) in [5, 5.41) is 0.876. The molecule has 1 aliphatic heterocycles. The van der Waals surface area contributed by atoms with Gasteiger partial charge in [-0.2, -0.15) is 0 Å². The van der Waals surface area contributed by atoms with Gasteiger partial charge in [-0.25, -0.2) is 4.98 Å². The number of carbonyl (C=O) groups excluding carboxylic acids is 2. The lowest BCUT2D eigenvalue weighted by atomic mass is 9.89. The number of ketones is 1. The molecular formula is C22H22N2O3S. The second-order valence-corrected chi connectivity index (χ2v) is 8.07. The molecule has 2 aromatic carbocycles. The summed E-state index contributed by atoms with van der Waals surface area (Å²) in [5.41, 5.74) is 1.72. The predicted octanol–water partition coefficient (Wildman–Crippen LogP) is 3.93. The van der Waals surface area contributed by atoms with E-state index in [1.54, 1.807) is 16.2 Å². The molecule has 1 saturated heterocycles. The van der Waals surface area contributed by atoms with E-state index in [0.29, 0.717) is 32.5 Å². The molecule has 144 valence electrons. The average molecular weight is 394 g/mol. The number of fused-ring (bicyclic) bond motifs is 1. The molecule has 0 N–H and O–H groups in total. The standard InChI is InChI=1S/C22H22N2O3S/c25-21(15-27-14-20-23-18-8-4-5-9-19(18)28-20)24-12-10-17(11-13-24)22(26)16-6-2-1-3-7-16/h1-9,17H,10-15H2. The zero-order chi connectivity index (χ0) is 19.3. The van der Waals surface area contributed by atoms with Crippen LogP contribution in [0, 0.1) is 5.92 Å².